The van der Waals surface area contributed by atoms with Crippen LogP contribution in [0.5, 0.6) is 5.75 Å². The number of hydrogen-bond donors (Lipinski definition) is 2. The van der Waals surface area contributed by atoms with Gasteiger partial charge in [0, 0.05) is 5.92 Å². The quantitative estimate of drug-likeness (QED) is 0.616. The van der Waals surface area contributed by atoms with Crippen molar-refractivity contribution in [1.29, 1.82) is 0 Å². The second-order valence-electron chi connectivity index (χ2n) is 6.46. The third-order valence-corrected chi connectivity index (χ3v) is 4.74. The lowest BCUT2D eigenvalue weighted by Crippen LogP contribution is -2.39. The van der Waals surface area contributed by atoms with Crippen molar-refractivity contribution in [2.75, 3.05) is 5.06 Å². The van der Waals surface area contributed by atoms with E-state index in [4.69, 9.17) is 10.5 Å². The van der Waals surface area contributed by atoms with Crippen LogP contribution in [0.25, 0.3) is 0 Å². The lowest BCUT2D eigenvalue weighted by molar-refractivity contribution is -0.133. The minimum absolute atomic E-state index is 0.331. The number of anilines is 1. The highest BCUT2D eigenvalue weighted by Gasteiger charge is 2.39. The van der Waals surface area contributed by atoms with Crippen molar-refractivity contribution in [2.24, 2.45) is 17.6 Å². The summed E-state index contributed by atoms with van der Waals surface area (Å²) in [7, 11) is 0. The van der Waals surface area contributed by atoms with E-state index in [1.54, 1.807) is 24.3 Å². The van der Waals surface area contributed by atoms with E-state index in [1.165, 1.54) is 0 Å². The van der Waals surface area contributed by atoms with Gasteiger partial charge in [0.25, 0.3) is 5.91 Å². The van der Waals surface area contributed by atoms with Gasteiger partial charge in [0.2, 0.25) is 5.91 Å². The van der Waals surface area contributed by atoms with E-state index in [2.05, 4.69) is 0 Å². The van der Waals surface area contributed by atoms with Crippen LogP contribution in [-0.4, -0.2) is 17.0 Å². The van der Waals surface area contributed by atoms with Gasteiger partial charge >= 0.3 is 0 Å². The number of hydrogen-bond acceptors (Lipinski definition) is 4. The summed E-state index contributed by atoms with van der Waals surface area (Å²) in [6, 6.07) is 16.4. The number of nitrogens with two attached hydrogens (primary N) is 1. The monoisotopic (exact) mass is 354 g/mol. The van der Waals surface area contributed by atoms with E-state index in [9.17, 15) is 14.8 Å². The number of ether oxygens (including phenoxy) is 1. The van der Waals surface area contributed by atoms with Crippen molar-refractivity contribution in [1.82, 2.24) is 0 Å². The summed E-state index contributed by atoms with van der Waals surface area (Å²) in [5, 5.41) is 10.8. The van der Waals surface area contributed by atoms with Gasteiger partial charge in [-0.1, -0.05) is 36.8 Å². The minimum Gasteiger partial charge on any atom is -0.489 e. The number of hydroxylamine groups is 1. The molecule has 26 heavy (non-hydrogen) atoms. The molecule has 2 aromatic rings. The summed E-state index contributed by atoms with van der Waals surface area (Å²) in [5.41, 5.74) is 6.74. The highest BCUT2D eigenvalue weighted by molar-refractivity contribution is 5.96. The summed E-state index contributed by atoms with van der Waals surface area (Å²) < 4.78 is 5.69. The van der Waals surface area contributed by atoms with E-state index in [-0.39, 0.29) is 0 Å². The first kappa shape index (κ1) is 17.9. The summed E-state index contributed by atoms with van der Waals surface area (Å²) >= 11 is 0. The topological polar surface area (TPSA) is 92.9 Å². The fourth-order valence-electron chi connectivity index (χ4n) is 3.30. The molecule has 0 bridgehead atoms. The average Bonchev–Trinajstić information content (AvgIpc) is 3.16. The fourth-order valence-corrected chi connectivity index (χ4v) is 3.30. The van der Waals surface area contributed by atoms with E-state index in [1.807, 2.05) is 30.3 Å². The van der Waals surface area contributed by atoms with Crippen LogP contribution in [0.1, 0.15) is 24.8 Å². The van der Waals surface area contributed by atoms with E-state index in [0.717, 1.165) is 12.0 Å². The molecule has 0 saturated heterocycles. The van der Waals surface area contributed by atoms with Gasteiger partial charge in [-0.2, -0.15) is 5.06 Å². The molecule has 1 fully saturated rings. The highest BCUT2D eigenvalue weighted by Crippen LogP contribution is 2.34. The maximum Gasteiger partial charge on any atom is 0.254 e. The van der Waals surface area contributed by atoms with E-state index >= 15 is 0 Å². The largest absolute Gasteiger partial charge is 0.489 e. The van der Waals surface area contributed by atoms with Crippen molar-refractivity contribution in [3.63, 3.8) is 0 Å². The molecular formula is C20H22N2O4. The Morgan fingerprint density at radius 2 is 1.69 bits per heavy atom. The Labute approximate surface area is 152 Å². The maximum atomic E-state index is 12.5. The Morgan fingerprint density at radius 1 is 1.04 bits per heavy atom. The lowest BCUT2D eigenvalue weighted by atomic mass is 9.94. The van der Waals surface area contributed by atoms with Gasteiger partial charge in [-0.3, -0.25) is 14.8 Å². The molecule has 0 aliphatic heterocycles. The molecule has 6 nitrogen and oxygen atoms in total. The molecule has 2 amide bonds. The zero-order valence-electron chi connectivity index (χ0n) is 14.4. The maximum absolute atomic E-state index is 12.5. The second kappa shape index (κ2) is 8.01. The Balaban J connectivity index is 1.62. The smallest absolute Gasteiger partial charge is 0.254 e. The zero-order chi connectivity index (χ0) is 18.5. The number of primary amides is 1. The molecule has 2 unspecified atom stereocenters. The van der Waals surface area contributed by atoms with Crippen LogP contribution in [0.3, 0.4) is 0 Å². The van der Waals surface area contributed by atoms with Gasteiger partial charge in [-0.15, -0.1) is 0 Å². The van der Waals surface area contributed by atoms with Crippen LogP contribution in [0.4, 0.5) is 5.69 Å². The standard InChI is InChI=1S/C20H22N2O4/c21-19(23)17-7-4-8-18(17)20(24)22(25)15-9-11-16(12-10-15)26-13-14-5-2-1-3-6-14/h1-3,5-6,9-12,17-18,25H,4,7-8,13H2,(H2,21,23). The first-order chi connectivity index (χ1) is 12.6. The van der Waals surface area contributed by atoms with Crippen molar-refractivity contribution in [3.8, 4) is 5.75 Å². The van der Waals surface area contributed by atoms with E-state index in [0.29, 0.717) is 35.9 Å². The Morgan fingerprint density at radius 3 is 2.35 bits per heavy atom. The predicted molar refractivity (Wildman–Crippen MR) is 96.5 cm³/mol. The van der Waals surface area contributed by atoms with Crippen LogP contribution in [0, 0.1) is 11.8 Å². The molecule has 136 valence electrons. The molecular weight excluding hydrogens is 332 g/mol. The van der Waals surface area contributed by atoms with Crippen LogP contribution in [0.15, 0.2) is 54.6 Å². The summed E-state index contributed by atoms with van der Waals surface area (Å²) in [6.07, 6.45) is 1.90. The van der Waals surface area contributed by atoms with Gasteiger partial charge < -0.3 is 10.5 Å². The van der Waals surface area contributed by atoms with Gasteiger partial charge in [-0.25, -0.2) is 0 Å². The summed E-state index contributed by atoms with van der Waals surface area (Å²) in [6.45, 7) is 0.435. The molecule has 0 radical (unpaired) electrons. The predicted octanol–water partition coefficient (Wildman–Crippen LogP) is 2.89. The van der Waals surface area contributed by atoms with Crippen molar-refractivity contribution in [3.05, 3.63) is 60.2 Å². The fraction of sp³-hybridized carbons (Fsp3) is 0.300. The molecule has 0 aromatic heterocycles. The highest BCUT2D eigenvalue weighted by atomic mass is 16.5. The molecule has 3 rings (SSSR count). The third-order valence-electron chi connectivity index (χ3n) is 4.74. The van der Waals surface area contributed by atoms with Crippen molar-refractivity contribution in [2.45, 2.75) is 25.9 Å². The van der Waals surface area contributed by atoms with Crippen LogP contribution >= 0.6 is 0 Å². The lowest BCUT2D eigenvalue weighted by Gasteiger charge is -2.22. The molecule has 2 atom stereocenters. The van der Waals surface area contributed by atoms with Crippen LogP contribution < -0.4 is 15.5 Å². The van der Waals surface area contributed by atoms with Gasteiger partial charge in [-0.05, 0) is 42.7 Å². The molecule has 6 heteroatoms. The number of rotatable bonds is 6. The first-order valence-electron chi connectivity index (χ1n) is 8.65. The van der Waals surface area contributed by atoms with Crippen molar-refractivity contribution >= 4 is 17.5 Å². The Hall–Kier alpha value is -2.86. The first-order valence-corrected chi connectivity index (χ1v) is 8.65. The molecule has 1 saturated carbocycles. The third kappa shape index (κ3) is 4.03. The molecule has 1 aliphatic rings. The Bertz CT molecular complexity index is 761. The number of benzene rings is 2. The van der Waals surface area contributed by atoms with Gasteiger partial charge in [0.1, 0.15) is 12.4 Å². The number of nitrogens with zero attached hydrogens (tertiary/aromatic N) is 1. The number of carbonyl (C=O) groups excluding carboxylic acids is 2. The van der Waals surface area contributed by atoms with Crippen LogP contribution in [-0.2, 0) is 16.2 Å². The van der Waals surface area contributed by atoms with Gasteiger partial charge in [0.05, 0.1) is 11.6 Å². The number of carbonyl (C=O) groups is 2. The molecule has 2 aromatic carbocycles. The van der Waals surface area contributed by atoms with Gasteiger partial charge in [0.15, 0.2) is 0 Å². The molecule has 3 N–H and O–H groups in total. The molecule has 1 aliphatic carbocycles. The summed E-state index contributed by atoms with van der Waals surface area (Å²) in [5.74, 6) is -1.42. The zero-order valence-corrected chi connectivity index (χ0v) is 14.4. The Kier molecular flexibility index (Phi) is 5.53. The normalized spacial score (nSPS) is 19.1. The van der Waals surface area contributed by atoms with E-state index < -0.39 is 23.7 Å². The molecule has 0 heterocycles. The summed E-state index contributed by atoms with van der Waals surface area (Å²) in [4.78, 5) is 24.0. The minimum atomic E-state index is -0.563. The SMILES string of the molecule is NC(=O)C1CCCC1C(=O)N(O)c1ccc(OCc2ccccc2)cc1. The second-order valence-corrected chi connectivity index (χ2v) is 6.46. The average molecular weight is 354 g/mol. The molecule has 0 spiro atoms. The van der Waals surface area contributed by atoms with Crippen molar-refractivity contribution < 1.29 is 19.5 Å². The number of amides is 2. The van der Waals surface area contributed by atoms with Crippen LogP contribution in [0.2, 0.25) is 0 Å².